The highest BCUT2D eigenvalue weighted by molar-refractivity contribution is 5.20. The summed E-state index contributed by atoms with van der Waals surface area (Å²) >= 11 is 0. The Kier molecular flexibility index (Phi) is 4.36. The Morgan fingerprint density at radius 3 is 2.57 bits per heavy atom. The van der Waals surface area contributed by atoms with Crippen molar-refractivity contribution in [2.24, 2.45) is 5.92 Å². The van der Waals surface area contributed by atoms with Crippen molar-refractivity contribution in [3.63, 3.8) is 0 Å². The SMILES string of the molecule is CC=C(C=CC(C)C)CN1CC(O)C1. The summed E-state index contributed by atoms with van der Waals surface area (Å²) in [6, 6.07) is 0. The highest BCUT2D eigenvalue weighted by atomic mass is 16.3. The Hall–Kier alpha value is -0.600. The fourth-order valence-electron chi connectivity index (χ4n) is 1.49. The average Bonchev–Trinajstić information content (AvgIpc) is 2.08. The highest BCUT2D eigenvalue weighted by Crippen LogP contribution is 2.11. The van der Waals surface area contributed by atoms with Crippen LogP contribution in [0.15, 0.2) is 23.8 Å². The number of aliphatic hydroxyl groups excluding tert-OH is 1. The first kappa shape index (κ1) is 11.5. The van der Waals surface area contributed by atoms with Crippen LogP contribution in [0.3, 0.4) is 0 Å². The predicted octanol–water partition coefficient (Wildman–Crippen LogP) is 1.82. The average molecular weight is 195 g/mol. The number of allylic oxidation sites excluding steroid dienone is 2. The van der Waals surface area contributed by atoms with Gasteiger partial charge in [-0.25, -0.2) is 0 Å². The van der Waals surface area contributed by atoms with Crippen LogP contribution < -0.4 is 0 Å². The van der Waals surface area contributed by atoms with E-state index in [0.29, 0.717) is 5.92 Å². The van der Waals surface area contributed by atoms with Crippen molar-refractivity contribution in [3.05, 3.63) is 23.8 Å². The molecule has 0 spiro atoms. The van der Waals surface area contributed by atoms with Gasteiger partial charge in [0.2, 0.25) is 0 Å². The summed E-state index contributed by atoms with van der Waals surface area (Å²) in [6.45, 7) is 9.04. The molecule has 14 heavy (non-hydrogen) atoms. The minimum atomic E-state index is -0.0952. The van der Waals surface area contributed by atoms with Crippen molar-refractivity contribution in [2.75, 3.05) is 19.6 Å². The van der Waals surface area contributed by atoms with E-state index in [4.69, 9.17) is 5.11 Å². The molecule has 0 aliphatic carbocycles. The standard InChI is InChI=1S/C12H21NO/c1-4-11(6-5-10(2)3)7-13-8-12(14)9-13/h4-6,10,12,14H,7-9H2,1-3H3. The Morgan fingerprint density at radius 1 is 1.50 bits per heavy atom. The molecule has 0 aromatic heterocycles. The molecule has 0 bridgehead atoms. The first-order valence-corrected chi connectivity index (χ1v) is 5.35. The van der Waals surface area contributed by atoms with Crippen molar-refractivity contribution in [2.45, 2.75) is 26.9 Å². The van der Waals surface area contributed by atoms with Crippen molar-refractivity contribution >= 4 is 0 Å². The lowest BCUT2D eigenvalue weighted by Crippen LogP contribution is -2.51. The number of β-amino-alcohol motifs (C(OH)–C–C–N with tert-alkyl or cyclic N) is 1. The van der Waals surface area contributed by atoms with Crippen LogP contribution in [-0.4, -0.2) is 35.7 Å². The van der Waals surface area contributed by atoms with Gasteiger partial charge in [-0.2, -0.15) is 0 Å². The first-order chi connectivity index (χ1) is 6.61. The molecule has 1 aliphatic rings. The van der Waals surface area contributed by atoms with Gasteiger partial charge in [0.15, 0.2) is 0 Å². The van der Waals surface area contributed by atoms with Gasteiger partial charge in [-0.05, 0) is 18.4 Å². The Bertz CT molecular complexity index is 224. The fourth-order valence-corrected chi connectivity index (χ4v) is 1.49. The lowest BCUT2D eigenvalue weighted by atomic mass is 10.1. The monoisotopic (exact) mass is 195 g/mol. The summed E-state index contributed by atoms with van der Waals surface area (Å²) in [5.74, 6) is 0.604. The number of aliphatic hydroxyl groups is 1. The van der Waals surface area contributed by atoms with Crippen molar-refractivity contribution in [1.82, 2.24) is 4.90 Å². The van der Waals surface area contributed by atoms with Crippen molar-refractivity contribution < 1.29 is 5.11 Å². The van der Waals surface area contributed by atoms with E-state index >= 15 is 0 Å². The molecule has 1 rings (SSSR count). The molecule has 2 heteroatoms. The first-order valence-electron chi connectivity index (χ1n) is 5.35. The van der Waals surface area contributed by atoms with E-state index in [0.717, 1.165) is 19.6 Å². The van der Waals surface area contributed by atoms with Crippen LogP contribution in [0.1, 0.15) is 20.8 Å². The molecule has 0 radical (unpaired) electrons. The molecule has 0 unspecified atom stereocenters. The molecule has 1 fully saturated rings. The molecule has 0 aromatic rings. The van der Waals surface area contributed by atoms with E-state index in [1.54, 1.807) is 0 Å². The lowest BCUT2D eigenvalue weighted by molar-refractivity contribution is 0.00869. The molecule has 0 saturated carbocycles. The zero-order chi connectivity index (χ0) is 10.6. The molecule has 1 N–H and O–H groups in total. The third kappa shape index (κ3) is 3.64. The molecule has 0 aromatic carbocycles. The zero-order valence-corrected chi connectivity index (χ0v) is 9.40. The third-order valence-electron chi connectivity index (χ3n) is 2.41. The van der Waals surface area contributed by atoms with Gasteiger partial charge in [0.25, 0.3) is 0 Å². The van der Waals surface area contributed by atoms with Crippen LogP contribution in [0.4, 0.5) is 0 Å². The second kappa shape index (κ2) is 5.32. The molecule has 1 heterocycles. The van der Waals surface area contributed by atoms with Crippen molar-refractivity contribution in [3.8, 4) is 0 Å². The largest absolute Gasteiger partial charge is 0.390 e. The van der Waals surface area contributed by atoms with Gasteiger partial charge < -0.3 is 5.11 Å². The van der Waals surface area contributed by atoms with Gasteiger partial charge in [-0.15, -0.1) is 0 Å². The van der Waals surface area contributed by atoms with E-state index < -0.39 is 0 Å². The molecule has 1 aliphatic heterocycles. The van der Waals surface area contributed by atoms with E-state index in [2.05, 4.69) is 43.9 Å². The molecule has 0 atom stereocenters. The molecule has 2 nitrogen and oxygen atoms in total. The lowest BCUT2D eigenvalue weighted by Gasteiger charge is -2.36. The summed E-state index contributed by atoms with van der Waals surface area (Å²) in [5.41, 5.74) is 1.34. The van der Waals surface area contributed by atoms with E-state index in [9.17, 15) is 0 Å². The number of hydrogen-bond acceptors (Lipinski definition) is 2. The molecule has 1 saturated heterocycles. The predicted molar refractivity (Wildman–Crippen MR) is 60.2 cm³/mol. The van der Waals surface area contributed by atoms with E-state index in [1.807, 2.05) is 0 Å². The maximum absolute atomic E-state index is 9.14. The highest BCUT2D eigenvalue weighted by Gasteiger charge is 2.23. The van der Waals surface area contributed by atoms with Gasteiger partial charge in [-0.3, -0.25) is 4.90 Å². The summed E-state index contributed by atoms with van der Waals surface area (Å²) in [7, 11) is 0. The van der Waals surface area contributed by atoms with Crippen LogP contribution in [0.2, 0.25) is 0 Å². The third-order valence-corrected chi connectivity index (χ3v) is 2.41. The number of rotatable bonds is 4. The number of nitrogens with zero attached hydrogens (tertiary/aromatic N) is 1. The van der Waals surface area contributed by atoms with Gasteiger partial charge in [0.1, 0.15) is 0 Å². The summed E-state index contributed by atoms with van der Waals surface area (Å²) in [4.78, 5) is 2.25. The van der Waals surface area contributed by atoms with Crippen LogP contribution in [0.25, 0.3) is 0 Å². The van der Waals surface area contributed by atoms with Gasteiger partial charge in [-0.1, -0.05) is 32.1 Å². The normalized spacial score (nSPS) is 20.8. The maximum Gasteiger partial charge on any atom is 0.0794 e. The number of likely N-dealkylation sites (tertiary alicyclic amines) is 1. The Balaban J connectivity index is 2.33. The van der Waals surface area contributed by atoms with Crippen LogP contribution in [-0.2, 0) is 0 Å². The second-order valence-corrected chi connectivity index (χ2v) is 4.31. The summed E-state index contributed by atoms with van der Waals surface area (Å²) < 4.78 is 0. The maximum atomic E-state index is 9.14. The minimum absolute atomic E-state index is 0.0952. The Morgan fingerprint density at radius 2 is 2.14 bits per heavy atom. The van der Waals surface area contributed by atoms with Gasteiger partial charge in [0.05, 0.1) is 6.10 Å². The summed E-state index contributed by atoms with van der Waals surface area (Å²) in [6.07, 6.45) is 6.45. The van der Waals surface area contributed by atoms with Crippen LogP contribution in [0, 0.1) is 5.92 Å². The second-order valence-electron chi connectivity index (χ2n) is 4.31. The quantitative estimate of drug-likeness (QED) is 0.692. The van der Waals surface area contributed by atoms with Crippen LogP contribution >= 0.6 is 0 Å². The summed E-state index contributed by atoms with van der Waals surface area (Å²) in [5, 5.41) is 9.14. The smallest absolute Gasteiger partial charge is 0.0794 e. The molecular formula is C12H21NO. The van der Waals surface area contributed by atoms with Gasteiger partial charge in [0, 0.05) is 19.6 Å². The van der Waals surface area contributed by atoms with E-state index in [-0.39, 0.29) is 6.10 Å². The number of hydrogen-bond donors (Lipinski definition) is 1. The molecular weight excluding hydrogens is 174 g/mol. The molecule has 80 valence electrons. The van der Waals surface area contributed by atoms with Gasteiger partial charge >= 0.3 is 0 Å². The van der Waals surface area contributed by atoms with Crippen LogP contribution in [0.5, 0.6) is 0 Å². The minimum Gasteiger partial charge on any atom is -0.390 e. The Labute approximate surface area is 86.9 Å². The van der Waals surface area contributed by atoms with E-state index in [1.165, 1.54) is 5.57 Å². The fraction of sp³-hybridized carbons (Fsp3) is 0.667. The molecule has 0 amide bonds. The zero-order valence-electron chi connectivity index (χ0n) is 9.40. The van der Waals surface area contributed by atoms with Crippen molar-refractivity contribution in [1.29, 1.82) is 0 Å². The topological polar surface area (TPSA) is 23.5 Å².